The van der Waals surface area contributed by atoms with Crippen LogP contribution in [0.2, 0.25) is 0 Å². The number of likely N-dealkylation sites (tertiary alicyclic amines) is 1. The number of amides is 4. The molecule has 4 N–H and O–H groups in total. The maximum Gasteiger partial charge on any atom is 0.317 e. The number of fused-ring (bicyclic) bond motifs is 1. The first-order valence-corrected chi connectivity index (χ1v) is 12.6. The van der Waals surface area contributed by atoms with Crippen LogP contribution < -0.4 is 21.1 Å². The minimum Gasteiger partial charge on any atom is -0.494 e. The van der Waals surface area contributed by atoms with Gasteiger partial charge in [0.2, 0.25) is 11.9 Å². The molecule has 0 atom stereocenters. The van der Waals surface area contributed by atoms with E-state index < -0.39 is 5.91 Å². The maximum absolute atomic E-state index is 13.2. The van der Waals surface area contributed by atoms with Gasteiger partial charge in [0, 0.05) is 38.3 Å². The van der Waals surface area contributed by atoms with Crippen LogP contribution in [0.25, 0.3) is 11.0 Å². The van der Waals surface area contributed by atoms with E-state index in [0.29, 0.717) is 54.5 Å². The average Bonchev–Trinajstić information content (AvgIpc) is 3.45. The molecule has 0 spiro atoms. The highest BCUT2D eigenvalue weighted by Gasteiger charge is 2.22. The van der Waals surface area contributed by atoms with Crippen LogP contribution in [0.1, 0.15) is 59.1 Å². The normalized spacial score (nSPS) is 13.5. The summed E-state index contributed by atoms with van der Waals surface area (Å²) in [6.07, 6.45) is 3.80. The van der Waals surface area contributed by atoms with Gasteiger partial charge in [-0.2, -0.15) is 5.10 Å². The summed E-state index contributed by atoms with van der Waals surface area (Å²) in [6.45, 7) is 6.72. The molecule has 2 aromatic heterocycles. The number of carbonyl (C=O) groups is 3. The van der Waals surface area contributed by atoms with Gasteiger partial charge in [-0.15, -0.1) is 0 Å². The van der Waals surface area contributed by atoms with Crippen molar-refractivity contribution in [3.8, 4) is 5.75 Å². The standard InChI is InChI=1S/C25H34N8O4/c1-4-33-19(13-16(2)30-33)23(35)29-24-28-18-14-17(22(26)34)15-20(37-3)21(18)32(24)12-8-9-27-25(36)31-10-6-5-7-11-31/h13-15H,4-12H2,1-3H3,(H2,26,34)(H,27,36)(H,28,29,35). The molecule has 1 aliphatic heterocycles. The smallest absolute Gasteiger partial charge is 0.317 e. The molecule has 3 aromatic rings. The van der Waals surface area contributed by atoms with Gasteiger partial charge in [-0.05, 0) is 57.7 Å². The lowest BCUT2D eigenvalue weighted by molar-refractivity contribution is 0.0995. The van der Waals surface area contributed by atoms with Crippen molar-refractivity contribution in [2.24, 2.45) is 5.73 Å². The van der Waals surface area contributed by atoms with E-state index in [1.54, 1.807) is 22.9 Å². The Labute approximate surface area is 215 Å². The van der Waals surface area contributed by atoms with Crippen molar-refractivity contribution in [1.29, 1.82) is 0 Å². The van der Waals surface area contributed by atoms with Crippen molar-refractivity contribution in [2.75, 3.05) is 32.1 Å². The third-order valence-corrected chi connectivity index (χ3v) is 6.45. The number of ether oxygens (including phenoxy) is 1. The number of hydrogen-bond acceptors (Lipinski definition) is 6. The van der Waals surface area contributed by atoms with Gasteiger partial charge in [-0.1, -0.05) is 0 Å². The molecule has 0 saturated carbocycles. The quantitative estimate of drug-likeness (QED) is 0.377. The number of carbonyl (C=O) groups excluding carboxylic acids is 3. The number of nitrogens with one attached hydrogen (secondary N) is 2. The van der Waals surface area contributed by atoms with Crippen molar-refractivity contribution in [1.82, 2.24) is 29.5 Å². The monoisotopic (exact) mass is 510 g/mol. The lowest BCUT2D eigenvalue weighted by Gasteiger charge is -2.26. The van der Waals surface area contributed by atoms with E-state index in [1.165, 1.54) is 7.11 Å². The van der Waals surface area contributed by atoms with Crippen molar-refractivity contribution >= 4 is 34.8 Å². The van der Waals surface area contributed by atoms with E-state index in [0.717, 1.165) is 38.0 Å². The predicted molar refractivity (Wildman–Crippen MR) is 139 cm³/mol. The fraction of sp³-hybridized carbons (Fsp3) is 0.480. The minimum atomic E-state index is -0.608. The number of nitrogens with two attached hydrogens (primary N) is 1. The Morgan fingerprint density at radius 3 is 2.57 bits per heavy atom. The largest absolute Gasteiger partial charge is 0.494 e. The number of methoxy groups -OCH3 is 1. The predicted octanol–water partition coefficient (Wildman–Crippen LogP) is 2.51. The van der Waals surface area contributed by atoms with Crippen LogP contribution >= 0.6 is 0 Å². The van der Waals surface area contributed by atoms with Gasteiger partial charge in [0.15, 0.2) is 0 Å². The molecule has 3 heterocycles. The van der Waals surface area contributed by atoms with Gasteiger partial charge in [-0.25, -0.2) is 9.78 Å². The molecule has 1 fully saturated rings. The number of piperidine rings is 1. The Morgan fingerprint density at radius 2 is 1.89 bits per heavy atom. The van der Waals surface area contributed by atoms with Crippen molar-refractivity contribution in [3.05, 3.63) is 35.2 Å². The van der Waals surface area contributed by atoms with E-state index in [4.69, 9.17) is 10.5 Å². The molecule has 1 saturated heterocycles. The SMILES string of the molecule is CCn1nc(C)cc1C(=O)Nc1nc2cc(C(N)=O)cc(OC)c2n1CCCNC(=O)N1CCCCC1. The van der Waals surface area contributed by atoms with Gasteiger partial charge in [0.05, 0.1) is 18.3 Å². The van der Waals surface area contributed by atoms with Crippen LogP contribution in [-0.2, 0) is 13.1 Å². The lowest BCUT2D eigenvalue weighted by atomic mass is 10.1. The molecule has 1 aliphatic rings. The average molecular weight is 511 g/mol. The molecule has 37 heavy (non-hydrogen) atoms. The van der Waals surface area contributed by atoms with E-state index in [-0.39, 0.29) is 17.5 Å². The van der Waals surface area contributed by atoms with Gasteiger partial charge >= 0.3 is 6.03 Å². The second-order valence-electron chi connectivity index (χ2n) is 9.07. The van der Waals surface area contributed by atoms with Crippen LogP contribution in [0.5, 0.6) is 5.75 Å². The first kappa shape index (κ1) is 26.0. The number of aromatic nitrogens is 4. The van der Waals surface area contributed by atoms with Crippen LogP contribution in [-0.4, -0.2) is 68.8 Å². The summed E-state index contributed by atoms with van der Waals surface area (Å²) in [5.41, 5.74) is 7.97. The maximum atomic E-state index is 13.2. The Hall–Kier alpha value is -4.09. The fourth-order valence-electron chi connectivity index (χ4n) is 4.62. The Bertz CT molecular complexity index is 1310. The molecule has 1 aromatic carbocycles. The Balaban J connectivity index is 1.59. The zero-order valence-electron chi connectivity index (χ0n) is 21.5. The summed E-state index contributed by atoms with van der Waals surface area (Å²) >= 11 is 0. The Morgan fingerprint density at radius 1 is 1.14 bits per heavy atom. The molecule has 0 unspecified atom stereocenters. The van der Waals surface area contributed by atoms with E-state index in [2.05, 4.69) is 20.7 Å². The molecule has 0 radical (unpaired) electrons. The highest BCUT2D eigenvalue weighted by Crippen LogP contribution is 2.31. The number of nitrogens with zero attached hydrogens (tertiary/aromatic N) is 5. The zero-order valence-corrected chi connectivity index (χ0v) is 21.5. The number of hydrogen-bond donors (Lipinski definition) is 3. The molecule has 0 aliphatic carbocycles. The van der Waals surface area contributed by atoms with Gasteiger partial charge in [0.25, 0.3) is 5.91 Å². The Kier molecular flexibility index (Phi) is 7.95. The summed E-state index contributed by atoms with van der Waals surface area (Å²) in [4.78, 5) is 43.9. The third kappa shape index (κ3) is 5.68. The van der Waals surface area contributed by atoms with Crippen molar-refractivity contribution < 1.29 is 19.1 Å². The molecule has 4 amide bonds. The van der Waals surface area contributed by atoms with Gasteiger partial charge in [-0.3, -0.25) is 19.6 Å². The van der Waals surface area contributed by atoms with E-state index in [1.807, 2.05) is 23.3 Å². The number of urea groups is 1. The van der Waals surface area contributed by atoms with E-state index >= 15 is 0 Å². The molecule has 0 bridgehead atoms. The van der Waals surface area contributed by atoms with Crippen LogP contribution in [0.15, 0.2) is 18.2 Å². The summed E-state index contributed by atoms with van der Waals surface area (Å²) in [5, 5.41) is 10.2. The lowest BCUT2D eigenvalue weighted by Crippen LogP contribution is -2.43. The zero-order chi connectivity index (χ0) is 26.5. The number of primary amides is 1. The number of rotatable bonds is 9. The van der Waals surface area contributed by atoms with Gasteiger partial charge < -0.3 is 25.3 Å². The minimum absolute atomic E-state index is 0.0596. The van der Waals surface area contributed by atoms with Crippen molar-refractivity contribution in [3.63, 3.8) is 0 Å². The first-order valence-electron chi connectivity index (χ1n) is 12.6. The second-order valence-corrected chi connectivity index (χ2v) is 9.07. The molecule has 198 valence electrons. The number of benzene rings is 1. The first-order chi connectivity index (χ1) is 17.8. The highest BCUT2D eigenvalue weighted by molar-refractivity contribution is 6.04. The topological polar surface area (TPSA) is 149 Å². The molecular formula is C25H34N8O4. The number of imidazole rings is 1. The van der Waals surface area contributed by atoms with Crippen LogP contribution in [0.3, 0.4) is 0 Å². The molecule has 12 heteroatoms. The molecule has 12 nitrogen and oxygen atoms in total. The summed E-state index contributed by atoms with van der Waals surface area (Å²) in [5.74, 6) is -0.260. The number of aryl methyl sites for hydroxylation is 3. The number of anilines is 1. The van der Waals surface area contributed by atoms with Gasteiger partial charge in [0.1, 0.15) is 17.0 Å². The van der Waals surface area contributed by atoms with Crippen LogP contribution in [0.4, 0.5) is 10.7 Å². The van der Waals surface area contributed by atoms with E-state index in [9.17, 15) is 14.4 Å². The third-order valence-electron chi connectivity index (χ3n) is 6.45. The summed E-state index contributed by atoms with van der Waals surface area (Å²) in [6, 6.07) is 4.79. The summed E-state index contributed by atoms with van der Waals surface area (Å²) in [7, 11) is 1.50. The van der Waals surface area contributed by atoms with Crippen molar-refractivity contribution in [2.45, 2.75) is 52.6 Å². The highest BCUT2D eigenvalue weighted by atomic mass is 16.5. The fourth-order valence-corrected chi connectivity index (χ4v) is 4.62. The molecular weight excluding hydrogens is 476 g/mol. The summed E-state index contributed by atoms with van der Waals surface area (Å²) < 4.78 is 9.00. The second kappa shape index (κ2) is 11.3. The molecule has 4 rings (SSSR count). The van der Waals surface area contributed by atoms with Crippen LogP contribution in [0, 0.1) is 6.92 Å².